The first-order valence-corrected chi connectivity index (χ1v) is 7.23. The minimum atomic E-state index is -3.87. The molecule has 2 rings (SSSR count). The first-order chi connectivity index (χ1) is 9.36. The second-order valence-corrected chi connectivity index (χ2v) is 5.80. The minimum Gasteiger partial charge on any atom is -0.323 e. The number of hydrogen-bond donors (Lipinski definition) is 2. The van der Waals surface area contributed by atoms with Gasteiger partial charge in [0.15, 0.2) is 0 Å². The first kappa shape index (κ1) is 14.4. The van der Waals surface area contributed by atoms with Crippen LogP contribution in [0.15, 0.2) is 35.7 Å². The summed E-state index contributed by atoms with van der Waals surface area (Å²) in [6, 6.07) is 3.79. The van der Waals surface area contributed by atoms with Gasteiger partial charge in [0.2, 0.25) is 15.9 Å². The summed E-state index contributed by atoms with van der Waals surface area (Å²) in [5.74, 6) is -0.427. The Bertz CT molecular complexity index is 729. The fraction of sp³-hybridized carbons (Fsp3) is 0.100. The Labute approximate surface area is 119 Å². The zero-order valence-corrected chi connectivity index (χ0v) is 11.6. The number of anilines is 1. The van der Waals surface area contributed by atoms with Gasteiger partial charge in [-0.3, -0.25) is 4.79 Å². The third-order valence-electron chi connectivity index (χ3n) is 2.31. The SMILES string of the molecule is NS(=O)(=O)c1ccc(Cl)c(NC(=O)Cn2cncn2)c1. The lowest BCUT2D eigenvalue weighted by Crippen LogP contribution is -2.20. The number of primary sulfonamides is 1. The van der Waals surface area contributed by atoms with Crippen LogP contribution >= 0.6 is 11.6 Å². The predicted octanol–water partition coefficient (Wildman–Crippen LogP) is 0.218. The number of hydrogen-bond acceptors (Lipinski definition) is 5. The molecule has 1 aromatic carbocycles. The maximum absolute atomic E-state index is 11.8. The standard InChI is InChI=1S/C10H10ClN5O3S/c11-8-2-1-7(20(12,18)19)3-9(8)15-10(17)4-16-6-13-5-14-16/h1-3,5-6H,4H2,(H,15,17)(H2,12,18,19). The molecule has 1 amide bonds. The van der Waals surface area contributed by atoms with Crippen molar-refractivity contribution < 1.29 is 13.2 Å². The van der Waals surface area contributed by atoms with Gasteiger partial charge in [0.25, 0.3) is 0 Å². The quantitative estimate of drug-likeness (QED) is 0.836. The van der Waals surface area contributed by atoms with Gasteiger partial charge < -0.3 is 5.32 Å². The summed E-state index contributed by atoms with van der Waals surface area (Å²) in [6.07, 6.45) is 2.67. The highest BCUT2D eigenvalue weighted by atomic mass is 35.5. The second-order valence-electron chi connectivity index (χ2n) is 3.83. The second kappa shape index (κ2) is 5.57. The lowest BCUT2D eigenvalue weighted by molar-refractivity contribution is -0.116. The molecule has 0 unspecified atom stereocenters. The number of rotatable bonds is 4. The van der Waals surface area contributed by atoms with E-state index in [9.17, 15) is 13.2 Å². The van der Waals surface area contributed by atoms with E-state index in [1.807, 2.05) is 0 Å². The van der Waals surface area contributed by atoms with E-state index in [0.29, 0.717) is 0 Å². The Morgan fingerprint density at radius 1 is 1.45 bits per heavy atom. The van der Waals surface area contributed by atoms with E-state index < -0.39 is 15.9 Å². The lowest BCUT2D eigenvalue weighted by Gasteiger charge is -2.08. The highest BCUT2D eigenvalue weighted by Crippen LogP contribution is 2.24. The maximum Gasteiger partial charge on any atom is 0.246 e. The molecule has 0 aliphatic heterocycles. The zero-order chi connectivity index (χ0) is 14.8. The number of carbonyl (C=O) groups is 1. The topological polar surface area (TPSA) is 120 Å². The molecular weight excluding hydrogens is 306 g/mol. The molecule has 3 N–H and O–H groups in total. The Hall–Kier alpha value is -1.97. The van der Waals surface area contributed by atoms with E-state index in [1.54, 1.807) is 0 Å². The Balaban J connectivity index is 2.18. The summed E-state index contributed by atoms with van der Waals surface area (Å²) in [6.45, 7) is -0.0735. The number of nitrogens with two attached hydrogens (primary N) is 1. The van der Waals surface area contributed by atoms with Crippen LogP contribution in [-0.2, 0) is 21.4 Å². The lowest BCUT2D eigenvalue weighted by atomic mass is 10.3. The number of aromatic nitrogens is 3. The molecule has 20 heavy (non-hydrogen) atoms. The first-order valence-electron chi connectivity index (χ1n) is 5.31. The maximum atomic E-state index is 11.8. The van der Waals surface area contributed by atoms with Crippen LogP contribution in [-0.4, -0.2) is 29.1 Å². The third-order valence-corrected chi connectivity index (χ3v) is 3.55. The highest BCUT2D eigenvalue weighted by Gasteiger charge is 2.13. The van der Waals surface area contributed by atoms with Crippen LogP contribution in [0.1, 0.15) is 0 Å². The molecule has 0 spiro atoms. The Morgan fingerprint density at radius 3 is 2.80 bits per heavy atom. The van der Waals surface area contributed by atoms with Gasteiger partial charge in [-0.1, -0.05) is 11.6 Å². The number of benzene rings is 1. The van der Waals surface area contributed by atoms with Gasteiger partial charge in [0, 0.05) is 0 Å². The molecule has 0 aliphatic carbocycles. The van der Waals surface area contributed by atoms with Gasteiger partial charge >= 0.3 is 0 Å². The van der Waals surface area contributed by atoms with Crippen molar-refractivity contribution in [2.45, 2.75) is 11.4 Å². The van der Waals surface area contributed by atoms with Gasteiger partial charge in [-0.05, 0) is 18.2 Å². The molecule has 0 saturated carbocycles. The van der Waals surface area contributed by atoms with E-state index in [-0.39, 0.29) is 22.2 Å². The van der Waals surface area contributed by atoms with Crippen molar-refractivity contribution >= 4 is 33.2 Å². The van der Waals surface area contributed by atoms with Gasteiger partial charge in [0.1, 0.15) is 19.2 Å². The van der Waals surface area contributed by atoms with E-state index in [0.717, 1.165) is 0 Å². The van der Waals surface area contributed by atoms with Crippen LogP contribution in [0.4, 0.5) is 5.69 Å². The minimum absolute atomic E-state index is 0.0735. The molecule has 1 aromatic heterocycles. The number of sulfonamides is 1. The van der Waals surface area contributed by atoms with Gasteiger partial charge in [-0.15, -0.1) is 0 Å². The molecule has 0 radical (unpaired) electrons. The van der Waals surface area contributed by atoms with Gasteiger partial charge in [-0.2, -0.15) is 5.10 Å². The van der Waals surface area contributed by atoms with Crippen LogP contribution in [0, 0.1) is 0 Å². The average molecular weight is 316 g/mol. The number of halogens is 1. The molecule has 1 heterocycles. The number of nitrogens with one attached hydrogen (secondary N) is 1. The monoisotopic (exact) mass is 315 g/mol. The average Bonchev–Trinajstić information content (AvgIpc) is 2.83. The molecule has 10 heteroatoms. The Morgan fingerprint density at radius 2 is 2.20 bits per heavy atom. The van der Waals surface area contributed by atoms with E-state index >= 15 is 0 Å². The van der Waals surface area contributed by atoms with Crippen molar-refractivity contribution in [2.24, 2.45) is 5.14 Å². The molecular formula is C10H10ClN5O3S. The van der Waals surface area contributed by atoms with Crippen molar-refractivity contribution in [1.82, 2.24) is 14.8 Å². The van der Waals surface area contributed by atoms with Gasteiger partial charge in [0.05, 0.1) is 15.6 Å². The summed E-state index contributed by atoms with van der Waals surface area (Å²) in [4.78, 5) is 15.3. The predicted molar refractivity (Wildman–Crippen MR) is 71.5 cm³/mol. The smallest absolute Gasteiger partial charge is 0.246 e. The largest absolute Gasteiger partial charge is 0.323 e. The molecule has 0 saturated heterocycles. The van der Waals surface area contributed by atoms with Crippen LogP contribution in [0.2, 0.25) is 5.02 Å². The summed E-state index contributed by atoms with van der Waals surface area (Å²) in [7, 11) is -3.87. The van der Waals surface area contributed by atoms with Crippen LogP contribution < -0.4 is 10.5 Å². The number of carbonyl (C=O) groups excluding carboxylic acids is 1. The van der Waals surface area contributed by atoms with Crippen LogP contribution in [0.3, 0.4) is 0 Å². The number of amides is 1. The fourth-order valence-electron chi connectivity index (χ4n) is 1.43. The van der Waals surface area contributed by atoms with E-state index in [2.05, 4.69) is 15.4 Å². The molecule has 0 aliphatic rings. The summed E-state index contributed by atoms with van der Waals surface area (Å²) in [5, 5.41) is 11.5. The van der Waals surface area contributed by atoms with E-state index in [1.165, 1.54) is 35.5 Å². The van der Waals surface area contributed by atoms with Crippen LogP contribution in [0.25, 0.3) is 0 Å². The molecule has 0 atom stereocenters. The van der Waals surface area contributed by atoms with Crippen LogP contribution in [0.5, 0.6) is 0 Å². The van der Waals surface area contributed by atoms with Crippen molar-refractivity contribution in [3.8, 4) is 0 Å². The number of nitrogens with zero attached hydrogens (tertiary/aromatic N) is 3. The van der Waals surface area contributed by atoms with Crippen molar-refractivity contribution in [3.05, 3.63) is 35.9 Å². The van der Waals surface area contributed by atoms with Crippen molar-refractivity contribution in [3.63, 3.8) is 0 Å². The molecule has 0 bridgehead atoms. The summed E-state index contributed by atoms with van der Waals surface area (Å²) < 4.78 is 23.8. The Kier molecular flexibility index (Phi) is 4.02. The third kappa shape index (κ3) is 3.53. The van der Waals surface area contributed by atoms with E-state index in [4.69, 9.17) is 16.7 Å². The zero-order valence-electron chi connectivity index (χ0n) is 10.0. The van der Waals surface area contributed by atoms with Crippen molar-refractivity contribution in [1.29, 1.82) is 0 Å². The molecule has 2 aromatic rings. The summed E-state index contributed by atoms with van der Waals surface area (Å²) in [5.41, 5.74) is 0.156. The van der Waals surface area contributed by atoms with Gasteiger partial charge in [-0.25, -0.2) is 23.2 Å². The fourth-order valence-corrected chi connectivity index (χ4v) is 2.13. The normalized spacial score (nSPS) is 11.3. The summed E-state index contributed by atoms with van der Waals surface area (Å²) >= 11 is 5.89. The molecule has 0 fully saturated rings. The molecule has 106 valence electrons. The highest BCUT2D eigenvalue weighted by molar-refractivity contribution is 7.89. The van der Waals surface area contributed by atoms with Crippen molar-refractivity contribution in [2.75, 3.05) is 5.32 Å². The molecule has 8 nitrogen and oxygen atoms in total.